The van der Waals surface area contributed by atoms with Gasteiger partial charge in [-0.25, -0.2) is 4.79 Å². The molecule has 1 amide bonds. The highest BCUT2D eigenvalue weighted by Gasteiger charge is 2.39. The Labute approximate surface area is 199 Å². The molecule has 0 heterocycles. The molecule has 6 atom stereocenters. The number of nitrogens with two attached hydrogens (primary N) is 1. The van der Waals surface area contributed by atoms with E-state index in [0.29, 0.717) is 25.6 Å². The molecular weight excluding hydrogens is 424 g/mol. The zero-order valence-corrected chi connectivity index (χ0v) is 21.6. The van der Waals surface area contributed by atoms with E-state index in [2.05, 4.69) is 19.2 Å². The summed E-state index contributed by atoms with van der Waals surface area (Å²) in [6.07, 6.45) is 4.74. The second-order valence-electron chi connectivity index (χ2n) is 10.1. The van der Waals surface area contributed by atoms with Crippen molar-refractivity contribution in [2.45, 2.75) is 105 Å². The van der Waals surface area contributed by atoms with Crippen LogP contribution >= 0.6 is 0 Å². The highest BCUT2D eigenvalue weighted by atomic mass is 16.6. The average molecular weight is 471 g/mol. The molecule has 8 heteroatoms. The first-order valence-electron chi connectivity index (χ1n) is 12.5. The minimum Gasteiger partial charge on any atom is -0.466 e. The quantitative estimate of drug-likeness (QED) is 0.423. The van der Waals surface area contributed by atoms with Crippen LogP contribution in [-0.4, -0.2) is 48.9 Å². The summed E-state index contributed by atoms with van der Waals surface area (Å²) in [5.74, 6) is 0.456. The molecule has 2 fully saturated rings. The molecule has 0 bridgehead atoms. The third kappa shape index (κ3) is 9.90. The Hall–Kier alpha value is -1.83. The first-order valence-corrected chi connectivity index (χ1v) is 12.5. The van der Waals surface area contributed by atoms with Gasteiger partial charge in [-0.1, -0.05) is 26.7 Å². The van der Waals surface area contributed by atoms with E-state index in [1.807, 2.05) is 34.6 Å². The van der Waals surface area contributed by atoms with Crippen LogP contribution in [0.3, 0.4) is 0 Å². The van der Waals surface area contributed by atoms with E-state index in [-0.39, 0.29) is 41.8 Å². The van der Waals surface area contributed by atoms with Gasteiger partial charge in [0.1, 0.15) is 5.60 Å². The maximum absolute atomic E-state index is 11.9. The molecule has 192 valence electrons. The van der Waals surface area contributed by atoms with Gasteiger partial charge in [0.05, 0.1) is 25.0 Å². The highest BCUT2D eigenvalue weighted by molar-refractivity contribution is 5.74. The molecular formula is C25H46N2O6. The predicted octanol–water partition coefficient (Wildman–Crippen LogP) is 4.19. The Morgan fingerprint density at radius 2 is 1.30 bits per heavy atom. The van der Waals surface area contributed by atoms with Gasteiger partial charge in [0.2, 0.25) is 0 Å². The number of alkyl carbamates (subject to hydrolysis) is 1. The molecule has 0 saturated heterocycles. The Kier molecular flexibility index (Phi) is 12.2. The summed E-state index contributed by atoms with van der Waals surface area (Å²) in [6, 6.07) is 0.184. The van der Waals surface area contributed by atoms with Crippen LogP contribution < -0.4 is 11.1 Å². The van der Waals surface area contributed by atoms with Crippen LogP contribution in [0.1, 0.15) is 87.0 Å². The number of carbonyl (C=O) groups is 3. The Morgan fingerprint density at radius 1 is 0.818 bits per heavy atom. The summed E-state index contributed by atoms with van der Waals surface area (Å²) in [5.41, 5.74) is 5.31. The summed E-state index contributed by atoms with van der Waals surface area (Å²) in [6.45, 7) is 14.2. The van der Waals surface area contributed by atoms with E-state index in [1.165, 1.54) is 0 Å². The molecule has 33 heavy (non-hydrogen) atoms. The molecule has 3 N–H and O–H groups in total. The lowest BCUT2D eigenvalue weighted by molar-refractivity contribution is -0.150. The maximum Gasteiger partial charge on any atom is 0.407 e. The maximum atomic E-state index is 11.9. The number of ether oxygens (including phenoxy) is 3. The van der Waals surface area contributed by atoms with Crippen molar-refractivity contribution >= 4 is 18.0 Å². The SMILES string of the molecule is CCOC(=O)C1CC(N)CC1CC.CCOC(=O)C1CC(NC(=O)OC(C)(C)C)CC1CC. The number of hydrogen-bond acceptors (Lipinski definition) is 7. The summed E-state index contributed by atoms with van der Waals surface area (Å²) in [7, 11) is 0. The van der Waals surface area contributed by atoms with Crippen molar-refractivity contribution in [3.63, 3.8) is 0 Å². The lowest BCUT2D eigenvalue weighted by atomic mass is 9.94. The zero-order chi connectivity index (χ0) is 25.2. The fraction of sp³-hybridized carbons (Fsp3) is 0.880. The van der Waals surface area contributed by atoms with Gasteiger partial charge in [0.15, 0.2) is 0 Å². The second-order valence-corrected chi connectivity index (χ2v) is 10.1. The van der Waals surface area contributed by atoms with Crippen LogP contribution in [0, 0.1) is 23.7 Å². The lowest BCUT2D eigenvalue weighted by Gasteiger charge is -2.21. The second kappa shape index (κ2) is 13.8. The Morgan fingerprint density at radius 3 is 1.76 bits per heavy atom. The lowest BCUT2D eigenvalue weighted by Crippen LogP contribution is -2.38. The topological polar surface area (TPSA) is 117 Å². The van der Waals surface area contributed by atoms with E-state index >= 15 is 0 Å². The zero-order valence-electron chi connectivity index (χ0n) is 21.6. The van der Waals surface area contributed by atoms with Gasteiger partial charge in [0.25, 0.3) is 0 Å². The van der Waals surface area contributed by atoms with Crippen LogP contribution in [0.2, 0.25) is 0 Å². The van der Waals surface area contributed by atoms with E-state index in [0.717, 1.165) is 32.1 Å². The molecule has 0 aromatic carbocycles. The fourth-order valence-electron chi connectivity index (χ4n) is 4.86. The average Bonchev–Trinajstić information content (AvgIpc) is 3.30. The molecule has 0 radical (unpaired) electrons. The van der Waals surface area contributed by atoms with Crippen molar-refractivity contribution < 1.29 is 28.6 Å². The molecule has 0 spiro atoms. The van der Waals surface area contributed by atoms with Crippen molar-refractivity contribution in [3.05, 3.63) is 0 Å². The first kappa shape index (κ1) is 29.2. The normalized spacial score (nSPS) is 29.0. The monoisotopic (exact) mass is 470 g/mol. The fourth-order valence-corrected chi connectivity index (χ4v) is 4.86. The van der Waals surface area contributed by atoms with E-state index in [4.69, 9.17) is 19.9 Å². The molecule has 2 aliphatic carbocycles. The molecule has 2 saturated carbocycles. The summed E-state index contributed by atoms with van der Waals surface area (Å²) >= 11 is 0. The van der Waals surface area contributed by atoms with Gasteiger partial charge in [0, 0.05) is 12.1 Å². The number of amides is 1. The molecule has 2 rings (SSSR count). The van der Waals surface area contributed by atoms with Crippen molar-refractivity contribution in [1.29, 1.82) is 0 Å². The highest BCUT2D eigenvalue weighted by Crippen LogP contribution is 2.35. The minimum absolute atomic E-state index is 0.00999. The molecule has 2 aliphatic rings. The van der Waals surface area contributed by atoms with Gasteiger partial charge < -0.3 is 25.3 Å². The number of rotatable bonds is 7. The first-order chi connectivity index (χ1) is 15.4. The van der Waals surface area contributed by atoms with Crippen molar-refractivity contribution in [1.82, 2.24) is 5.32 Å². The summed E-state index contributed by atoms with van der Waals surface area (Å²) in [5, 5.41) is 2.86. The molecule has 0 aromatic rings. The number of hydrogen-bond donors (Lipinski definition) is 2. The van der Waals surface area contributed by atoms with E-state index in [9.17, 15) is 14.4 Å². The third-order valence-corrected chi connectivity index (χ3v) is 6.37. The molecule has 8 nitrogen and oxygen atoms in total. The largest absolute Gasteiger partial charge is 0.466 e. The molecule has 6 unspecified atom stereocenters. The molecule has 0 aromatic heterocycles. The van der Waals surface area contributed by atoms with Gasteiger partial charge in [-0.3, -0.25) is 9.59 Å². The van der Waals surface area contributed by atoms with Crippen molar-refractivity contribution in [2.24, 2.45) is 29.4 Å². The Bertz CT molecular complexity index is 633. The van der Waals surface area contributed by atoms with Gasteiger partial charge in [-0.2, -0.15) is 0 Å². The number of nitrogens with one attached hydrogen (secondary N) is 1. The number of carbonyl (C=O) groups excluding carboxylic acids is 3. The van der Waals surface area contributed by atoms with Gasteiger partial charge in [-0.05, 0) is 72.1 Å². The standard InChI is InChI=1S/C15H27NO4.C10H19NO2/c1-6-10-8-11(9-12(10)13(17)19-7-2)16-14(18)20-15(3,4)5;1-3-7-5-8(11)6-9(7)10(12)13-4-2/h10-12H,6-9H2,1-5H3,(H,16,18);7-9H,3-6,11H2,1-2H3. The number of esters is 2. The van der Waals surface area contributed by atoms with E-state index < -0.39 is 11.7 Å². The van der Waals surface area contributed by atoms with Crippen molar-refractivity contribution in [3.8, 4) is 0 Å². The summed E-state index contributed by atoms with van der Waals surface area (Å²) in [4.78, 5) is 35.2. The van der Waals surface area contributed by atoms with E-state index in [1.54, 1.807) is 0 Å². The Balaban J connectivity index is 0.000000361. The van der Waals surface area contributed by atoms with Crippen LogP contribution in [0.5, 0.6) is 0 Å². The van der Waals surface area contributed by atoms with Gasteiger partial charge in [-0.15, -0.1) is 0 Å². The van der Waals surface area contributed by atoms with Crippen LogP contribution in [0.4, 0.5) is 4.79 Å². The smallest absolute Gasteiger partial charge is 0.407 e. The third-order valence-electron chi connectivity index (χ3n) is 6.37. The molecule has 0 aliphatic heterocycles. The van der Waals surface area contributed by atoms with Crippen LogP contribution in [0.15, 0.2) is 0 Å². The van der Waals surface area contributed by atoms with Gasteiger partial charge >= 0.3 is 18.0 Å². The van der Waals surface area contributed by atoms with Crippen molar-refractivity contribution in [2.75, 3.05) is 13.2 Å². The predicted molar refractivity (Wildman–Crippen MR) is 127 cm³/mol. The minimum atomic E-state index is -0.507. The van der Waals surface area contributed by atoms with Crippen LogP contribution in [0.25, 0.3) is 0 Å². The van der Waals surface area contributed by atoms with Crippen LogP contribution in [-0.2, 0) is 23.8 Å². The summed E-state index contributed by atoms with van der Waals surface area (Å²) < 4.78 is 15.4.